The van der Waals surface area contributed by atoms with Crippen LogP contribution in [0.25, 0.3) is 0 Å². The van der Waals surface area contributed by atoms with Crippen molar-refractivity contribution in [3.05, 3.63) is 94.2 Å². The summed E-state index contributed by atoms with van der Waals surface area (Å²) in [6.45, 7) is 3.19. The van der Waals surface area contributed by atoms with Gasteiger partial charge in [-0.3, -0.25) is 13.9 Å². The van der Waals surface area contributed by atoms with Crippen molar-refractivity contribution in [2.45, 2.75) is 75.9 Å². The normalized spacial score (nSPS) is 14.7. The molecule has 3 aromatic rings. The van der Waals surface area contributed by atoms with Crippen molar-refractivity contribution >= 4 is 43.5 Å². The largest absolute Gasteiger partial charge is 0.352 e. The van der Waals surface area contributed by atoms with E-state index in [1.54, 1.807) is 48.5 Å². The van der Waals surface area contributed by atoms with Crippen LogP contribution in [0.4, 0.5) is 10.1 Å². The first-order valence-electron chi connectivity index (χ1n) is 14.3. The lowest BCUT2D eigenvalue weighted by atomic mass is 9.95. The van der Waals surface area contributed by atoms with Crippen molar-refractivity contribution in [2.75, 3.05) is 10.8 Å². The Bertz CT molecular complexity index is 1460. The Morgan fingerprint density at radius 2 is 1.57 bits per heavy atom. The zero-order valence-electron chi connectivity index (χ0n) is 23.9. The summed E-state index contributed by atoms with van der Waals surface area (Å²) in [6, 6.07) is 18.1. The Morgan fingerprint density at radius 1 is 0.952 bits per heavy atom. The molecule has 1 atom stereocenters. The van der Waals surface area contributed by atoms with Gasteiger partial charge in [0, 0.05) is 17.1 Å². The molecule has 0 aromatic heterocycles. The quantitative estimate of drug-likeness (QED) is 0.260. The summed E-state index contributed by atoms with van der Waals surface area (Å²) in [7, 11) is -4.15. The van der Waals surface area contributed by atoms with Crippen molar-refractivity contribution in [1.82, 2.24) is 10.2 Å². The standard InChI is InChI=1S/C32H37BrFN3O4S/c1-3-30(32(39)35-27-7-5-4-6-8-27)36(21-24-11-15-26(34)16-12-24)31(38)22-37(28-17-13-25(33)14-18-28)42(40,41)29-19-9-23(2)10-20-29/h9-20,27,30H,3-8,21-22H2,1-2H3,(H,35,39). The molecular weight excluding hydrogens is 621 g/mol. The summed E-state index contributed by atoms with van der Waals surface area (Å²) in [6.07, 6.45) is 5.33. The Balaban J connectivity index is 1.69. The Morgan fingerprint density at radius 3 is 2.17 bits per heavy atom. The highest BCUT2D eigenvalue weighted by Gasteiger charge is 2.34. The molecule has 224 valence electrons. The lowest BCUT2D eigenvalue weighted by Gasteiger charge is -2.34. The molecule has 0 aliphatic heterocycles. The van der Waals surface area contributed by atoms with Crippen LogP contribution in [0.2, 0.25) is 0 Å². The predicted molar refractivity (Wildman–Crippen MR) is 166 cm³/mol. The summed E-state index contributed by atoms with van der Waals surface area (Å²) in [5, 5.41) is 3.12. The molecule has 0 bridgehead atoms. The van der Waals surface area contributed by atoms with Gasteiger partial charge in [-0.05, 0) is 80.3 Å². The first kappa shape index (κ1) is 31.7. The first-order valence-corrected chi connectivity index (χ1v) is 16.5. The number of sulfonamides is 1. The molecule has 1 aliphatic carbocycles. The minimum atomic E-state index is -4.15. The maximum absolute atomic E-state index is 14.2. The average molecular weight is 659 g/mol. The Hall–Kier alpha value is -3.24. The molecular formula is C32H37BrFN3O4S. The van der Waals surface area contributed by atoms with Gasteiger partial charge in [0.15, 0.2) is 0 Å². The van der Waals surface area contributed by atoms with Gasteiger partial charge in [0.25, 0.3) is 10.0 Å². The number of hydrogen-bond acceptors (Lipinski definition) is 4. The number of carbonyl (C=O) groups is 2. The highest BCUT2D eigenvalue weighted by Crippen LogP contribution is 2.27. The third-order valence-electron chi connectivity index (χ3n) is 7.61. The van der Waals surface area contributed by atoms with Crippen molar-refractivity contribution in [3.63, 3.8) is 0 Å². The van der Waals surface area contributed by atoms with Crippen LogP contribution in [0.5, 0.6) is 0 Å². The number of benzene rings is 3. The van der Waals surface area contributed by atoms with Crippen LogP contribution in [0.3, 0.4) is 0 Å². The second-order valence-corrected chi connectivity index (χ2v) is 13.5. The minimum absolute atomic E-state index is 0.0223. The average Bonchev–Trinajstić information content (AvgIpc) is 2.98. The fourth-order valence-electron chi connectivity index (χ4n) is 5.22. The third-order valence-corrected chi connectivity index (χ3v) is 9.92. The second-order valence-electron chi connectivity index (χ2n) is 10.7. The first-order chi connectivity index (χ1) is 20.1. The Kier molecular flexibility index (Phi) is 10.8. The lowest BCUT2D eigenvalue weighted by Crippen LogP contribution is -2.54. The van der Waals surface area contributed by atoms with Gasteiger partial charge in [-0.25, -0.2) is 12.8 Å². The molecule has 4 rings (SSSR count). The zero-order chi connectivity index (χ0) is 30.3. The van der Waals surface area contributed by atoms with Gasteiger partial charge < -0.3 is 10.2 Å². The molecule has 0 saturated heterocycles. The molecule has 1 unspecified atom stereocenters. The monoisotopic (exact) mass is 657 g/mol. The van der Waals surface area contributed by atoms with E-state index in [1.807, 2.05) is 13.8 Å². The van der Waals surface area contributed by atoms with Gasteiger partial charge in [-0.2, -0.15) is 0 Å². The van der Waals surface area contributed by atoms with Crippen molar-refractivity contribution < 1.29 is 22.4 Å². The molecule has 0 radical (unpaired) electrons. The van der Waals surface area contributed by atoms with Crippen LogP contribution in [0.15, 0.2) is 82.2 Å². The molecule has 42 heavy (non-hydrogen) atoms. The fraction of sp³-hybridized carbons (Fsp3) is 0.375. The molecule has 7 nitrogen and oxygen atoms in total. The molecule has 0 heterocycles. The SMILES string of the molecule is CCC(C(=O)NC1CCCCC1)N(Cc1ccc(F)cc1)C(=O)CN(c1ccc(Br)cc1)S(=O)(=O)c1ccc(C)cc1. The van der Waals surface area contributed by atoms with Gasteiger partial charge in [-0.15, -0.1) is 0 Å². The molecule has 1 fully saturated rings. The number of nitrogens with zero attached hydrogens (tertiary/aromatic N) is 2. The van der Waals surface area contributed by atoms with Crippen molar-refractivity contribution in [2.24, 2.45) is 0 Å². The van der Waals surface area contributed by atoms with E-state index in [9.17, 15) is 22.4 Å². The molecule has 3 aromatic carbocycles. The van der Waals surface area contributed by atoms with Crippen molar-refractivity contribution in [1.29, 1.82) is 0 Å². The number of carbonyl (C=O) groups excluding carboxylic acids is 2. The van der Waals surface area contributed by atoms with E-state index in [2.05, 4.69) is 21.2 Å². The maximum Gasteiger partial charge on any atom is 0.264 e. The van der Waals surface area contributed by atoms with E-state index in [0.29, 0.717) is 17.7 Å². The summed E-state index contributed by atoms with van der Waals surface area (Å²) in [5.41, 5.74) is 1.85. The molecule has 0 spiro atoms. The van der Waals surface area contributed by atoms with E-state index in [1.165, 1.54) is 29.2 Å². The number of rotatable bonds is 11. The van der Waals surface area contributed by atoms with E-state index in [4.69, 9.17) is 0 Å². The number of amides is 2. The topological polar surface area (TPSA) is 86.8 Å². The van der Waals surface area contributed by atoms with E-state index in [-0.39, 0.29) is 23.4 Å². The highest BCUT2D eigenvalue weighted by atomic mass is 79.9. The van der Waals surface area contributed by atoms with Gasteiger partial charge in [-0.1, -0.05) is 71.9 Å². The molecule has 2 amide bonds. The fourth-order valence-corrected chi connectivity index (χ4v) is 6.90. The van der Waals surface area contributed by atoms with Crippen molar-refractivity contribution in [3.8, 4) is 0 Å². The lowest BCUT2D eigenvalue weighted by molar-refractivity contribution is -0.140. The maximum atomic E-state index is 14.2. The number of aryl methyl sites for hydroxylation is 1. The molecule has 1 aliphatic rings. The minimum Gasteiger partial charge on any atom is -0.352 e. The summed E-state index contributed by atoms with van der Waals surface area (Å²) in [5.74, 6) is -1.22. The highest BCUT2D eigenvalue weighted by molar-refractivity contribution is 9.10. The van der Waals surface area contributed by atoms with Crippen LogP contribution in [0.1, 0.15) is 56.6 Å². The third kappa shape index (κ3) is 7.98. The van der Waals surface area contributed by atoms with E-state index >= 15 is 0 Å². The summed E-state index contributed by atoms with van der Waals surface area (Å²) < 4.78 is 43.4. The number of halogens is 2. The van der Waals surface area contributed by atoms with Gasteiger partial charge in [0.05, 0.1) is 10.6 Å². The molecule has 1 saturated carbocycles. The Labute approximate surface area is 256 Å². The van der Waals surface area contributed by atoms with Gasteiger partial charge in [0.1, 0.15) is 18.4 Å². The van der Waals surface area contributed by atoms with Gasteiger partial charge >= 0.3 is 0 Å². The van der Waals surface area contributed by atoms with Crippen LogP contribution in [-0.4, -0.2) is 43.8 Å². The van der Waals surface area contributed by atoms with E-state index < -0.39 is 34.3 Å². The molecule has 10 heteroatoms. The van der Waals surface area contributed by atoms with Crippen LogP contribution in [-0.2, 0) is 26.2 Å². The summed E-state index contributed by atoms with van der Waals surface area (Å²) in [4.78, 5) is 29.2. The second kappa shape index (κ2) is 14.3. The van der Waals surface area contributed by atoms with Crippen LogP contribution < -0.4 is 9.62 Å². The number of anilines is 1. The van der Waals surface area contributed by atoms with Gasteiger partial charge in [0.2, 0.25) is 11.8 Å². The molecule has 1 N–H and O–H groups in total. The predicted octanol–water partition coefficient (Wildman–Crippen LogP) is 6.35. The summed E-state index contributed by atoms with van der Waals surface area (Å²) >= 11 is 3.38. The van der Waals surface area contributed by atoms with Crippen LogP contribution >= 0.6 is 15.9 Å². The van der Waals surface area contributed by atoms with E-state index in [0.717, 1.165) is 46.4 Å². The zero-order valence-corrected chi connectivity index (χ0v) is 26.3. The smallest absolute Gasteiger partial charge is 0.264 e. The number of hydrogen-bond donors (Lipinski definition) is 1. The number of nitrogens with one attached hydrogen (secondary N) is 1. The van der Waals surface area contributed by atoms with Crippen LogP contribution in [0, 0.1) is 12.7 Å².